The van der Waals surface area contributed by atoms with Crippen molar-refractivity contribution in [3.63, 3.8) is 0 Å². The molecule has 0 N–H and O–H groups in total. The third kappa shape index (κ3) is 5.49. The Labute approximate surface area is 218 Å². The number of carbonyl (C=O) groups excluding carboxylic acids is 1. The average molecular weight is 556 g/mol. The molecule has 1 amide bonds. The first kappa shape index (κ1) is 27.1. The van der Waals surface area contributed by atoms with Crippen LogP contribution in [-0.4, -0.2) is 44.3 Å². The summed E-state index contributed by atoms with van der Waals surface area (Å²) in [6.45, 7) is 1.45. The molecule has 0 radical (unpaired) electrons. The van der Waals surface area contributed by atoms with Gasteiger partial charge in [-0.3, -0.25) is 4.79 Å². The number of aromatic nitrogens is 3. The molecule has 2 aliphatic heterocycles. The van der Waals surface area contributed by atoms with Gasteiger partial charge in [0.05, 0.1) is 23.3 Å². The monoisotopic (exact) mass is 556 g/mol. The van der Waals surface area contributed by atoms with E-state index in [1.54, 1.807) is 21.6 Å². The predicted molar refractivity (Wildman–Crippen MR) is 123 cm³/mol. The van der Waals surface area contributed by atoms with Crippen LogP contribution in [-0.2, 0) is 21.9 Å². The van der Waals surface area contributed by atoms with Crippen LogP contribution in [0.1, 0.15) is 60.1 Å². The van der Waals surface area contributed by atoms with Gasteiger partial charge in [-0.15, -0.1) is 10.2 Å². The number of amides is 1. The first-order chi connectivity index (χ1) is 18.3. The Balaban J connectivity index is 1.48. The molecular weight excluding hydrogens is 533 g/mol. The highest BCUT2D eigenvalue weighted by Gasteiger charge is 2.50. The van der Waals surface area contributed by atoms with Gasteiger partial charge in [0.1, 0.15) is 18.5 Å². The highest BCUT2D eigenvalue weighted by molar-refractivity contribution is 5.78. The number of carbonyl (C=O) groups is 1. The number of ether oxygens (including phenoxy) is 1. The molecule has 39 heavy (non-hydrogen) atoms. The van der Waals surface area contributed by atoms with Crippen molar-refractivity contribution in [3.05, 3.63) is 83.2 Å². The summed E-state index contributed by atoms with van der Waals surface area (Å²) in [5.74, 6) is -1.18. The lowest BCUT2D eigenvalue weighted by Crippen LogP contribution is -2.44. The van der Waals surface area contributed by atoms with Gasteiger partial charge < -0.3 is 14.2 Å². The number of hydrogen-bond acceptors (Lipinski definition) is 4. The average Bonchev–Trinajstić information content (AvgIpc) is 3.52. The van der Waals surface area contributed by atoms with E-state index in [0.29, 0.717) is 24.1 Å². The molecule has 0 aliphatic carbocycles. The molecule has 0 spiro atoms. The Morgan fingerprint density at radius 3 is 2.10 bits per heavy atom. The first-order valence-corrected chi connectivity index (χ1v) is 12.1. The summed E-state index contributed by atoms with van der Waals surface area (Å²) in [5.41, 5.74) is -2.53. The summed E-state index contributed by atoms with van der Waals surface area (Å²) in [6.07, 6.45) is -8.31. The minimum Gasteiger partial charge on any atom is -0.368 e. The second-order valence-corrected chi connectivity index (χ2v) is 9.85. The molecule has 2 unspecified atom stereocenters. The molecule has 3 aromatic rings. The van der Waals surface area contributed by atoms with E-state index < -0.39 is 53.5 Å². The highest BCUT2D eigenvalue weighted by Crippen LogP contribution is 2.45. The summed E-state index contributed by atoms with van der Waals surface area (Å²) in [5, 5.41) is 7.59. The van der Waals surface area contributed by atoms with Crippen molar-refractivity contribution in [1.29, 1.82) is 0 Å². The SMILES string of the molecule is C[C@@H](O[C@H]1CN2C(=O)CC(n3cnnc3)C[C@H]2C1c1ccc(F)cc1)c1cc(C(F)(F)F)cc(C(F)(F)F)c1. The van der Waals surface area contributed by atoms with Gasteiger partial charge in [-0.25, -0.2) is 4.39 Å². The predicted octanol–water partition coefficient (Wildman–Crippen LogP) is 5.93. The number of benzene rings is 2. The molecular formula is C26H23F7N4O2. The summed E-state index contributed by atoms with van der Waals surface area (Å²) in [6, 6.07) is 6.28. The van der Waals surface area contributed by atoms with Gasteiger partial charge in [-0.1, -0.05) is 12.1 Å². The zero-order chi connectivity index (χ0) is 28.1. The normalized spacial score (nSPS) is 24.6. The lowest BCUT2D eigenvalue weighted by atomic mass is 9.84. The molecule has 5 atom stereocenters. The van der Waals surface area contributed by atoms with Crippen molar-refractivity contribution in [2.75, 3.05) is 6.54 Å². The number of alkyl halides is 6. The van der Waals surface area contributed by atoms with E-state index in [-0.39, 0.29) is 36.5 Å². The fourth-order valence-corrected chi connectivity index (χ4v) is 5.55. The van der Waals surface area contributed by atoms with Gasteiger partial charge in [-0.2, -0.15) is 26.3 Å². The van der Waals surface area contributed by atoms with E-state index >= 15 is 0 Å². The van der Waals surface area contributed by atoms with Crippen molar-refractivity contribution in [1.82, 2.24) is 19.7 Å². The maximum Gasteiger partial charge on any atom is 0.416 e. The highest BCUT2D eigenvalue weighted by atomic mass is 19.4. The van der Waals surface area contributed by atoms with Gasteiger partial charge in [-0.05, 0) is 54.8 Å². The van der Waals surface area contributed by atoms with E-state index in [0.717, 1.165) is 0 Å². The van der Waals surface area contributed by atoms with Crippen LogP contribution in [0.25, 0.3) is 0 Å². The molecule has 2 fully saturated rings. The first-order valence-electron chi connectivity index (χ1n) is 12.1. The minimum atomic E-state index is -5.00. The molecule has 1 aromatic heterocycles. The fraction of sp³-hybridized carbons (Fsp3) is 0.423. The zero-order valence-corrected chi connectivity index (χ0v) is 20.5. The molecule has 2 saturated heterocycles. The second-order valence-electron chi connectivity index (χ2n) is 9.85. The lowest BCUT2D eigenvalue weighted by molar-refractivity contribution is -0.143. The standard InChI is InChI=1S/C26H23F7N4O2/c1-14(16-6-17(25(28,29)30)8-18(7-16)26(31,32)33)39-22-11-37-21(24(22)15-2-4-19(27)5-3-15)9-20(10-23(37)38)36-12-34-35-13-36/h2-8,12-14,20-22,24H,9-11H2,1H3/t14-,20?,21+,22+,24?/m1/s1. The number of halogens is 7. The van der Waals surface area contributed by atoms with Crippen LogP contribution in [0.4, 0.5) is 30.7 Å². The molecule has 0 saturated carbocycles. The molecule has 208 valence electrons. The Kier molecular flexibility index (Phi) is 6.90. The van der Waals surface area contributed by atoms with Gasteiger partial charge >= 0.3 is 12.4 Å². The molecule has 0 bridgehead atoms. The summed E-state index contributed by atoms with van der Waals surface area (Å²) >= 11 is 0. The Hall–Kier alpha value is -3.48. The smallest absolute Gasteiger partial charge is 0.368 e. The van der Waals surface area contributed by atoms with Crippen molar-refractivity contribution < 1.29 is 40.3 Å². The van der Waals surface area contributed by atoms with Crippen molar-refractivity contribution >= 4 is 5.91 Å². The van der Waals surface area contributed by atoms with Crippen molar-refractivity contribution in [3.8, 4) is 0 Å². The van der Waals surface area contributed by atoms with E-state index in [9.17, 15) is 35.5 Å². The molecule has 13 heteroatoms. The molecule has 3 heterocycles. The fourth-order valence-electron chi connectivity index (χ4n) is 5.55. The Morgan fingerprint density at radius 1 is 0.949 bits per heavy atom. The number of piperidine rings is 1. The molecule has 5 rings (SSSR count). The maximum atomic E-state index is 13.7. The van der Waals surface area contributed by atoms with Crippen molar-refractivity contribution in [2.45, 2.75) is 62.3 Å². The van der Waals surface area contributed by atoms with E-state index in [1.165, 1.54) is 31.7 Å². The van der Waals surface area contributed by atoms with E-state index in [2.05, 4.69) is 10.2 Å². The van der Waals surface area contributed by atoms with Crippen molar-refractivity contribution in [2.24, 2.45) is 0 Å². The molecule has 2 aromatic carbocycles. The van der Waals surface area contributed by atoms with Crippen LogP contribution in [0.5, 0.6) is 0 Å². The third-order valence-electron chi connectivity index (χ3n) is 7.41. The lowest BCUT2D eigenvalue weighted by Gasteiger charge is -2.37. The van der Waals surface area contributed by atoms with Crippen LogP contribution in [0.15, 0.2) is 55.1 Å². The zero-order valence-electron chi connectivity index (χ0n) is 20.5. The molecule has 2 aliphatic rings. The summed E-state index contributed by atoms with van der Waals surface area (Å²) in [4.78, 5) is 14.8. The van der Waals surface area contributed by atoms with Crippen LogP contribution >= 0.6 is 0 Å². The second kappa shape index (κ2) is 9.92. The van der Waals surface area contributed by atoms with Gasteiger partial charge in [0, 0.05) is 31.0 Å². The van der Waals surface area contributed by atoms with Crippen LogP contribution in [0.3, 0.4) is 0 Å². The summed E-state index contributed by atoms with van der Waals surface area (Å²) in [7, 11) is 0. The third-order valence-corrected chi connectivity index (χ3v) is 7.41. The maximum absolute atomic E-state index is 13.7. The van der Waals surface area contributed by atoms with Gasteiger partial charge in [0.25, 0.3) is 0 Å². The number of fused-ring (bicyclic) bond motifs is 1. The Morgan fingerprint density at radius 2 is 1.54 bits per heavy atom. The topological polar surface area (TPSA) is 60.2 Å². The summed E-state index contributed by atoms with van der Waals surface area (Å²) < 4.78 is 102. The molecule has 6 nitrogen and oxygen atoms in total. The van der Waals surface area contributed by atoms with E-state index in [4.69, 9.17) is 4.74 Å². The van der Waals surface area contributed by atoms with Crippen LogP contribution < -0.4 is 0 Å². The van der Waals surface area contributed by atoms with Gasteiger partial charge in [0.2, 0.25) is 5.91 Å². The van der Waals surface area contributed by atoms with E-state index in [1.807, 2.05) is 0 Å². The van der Waals surface area contributed by atoms with Crippen LogP contribution in [0, 0.1) is 5.82 Å². The largest absolute Gasteiger partial charge is 0.416 e. The quantitative estimate of drug-likeness (QED) is 0.366. The number of nitrogens with zero attached hydrogens (tertiary/aromatic N) is 4. The number of rotatable bonds is 5. The minimum absolute atomic E-state index is 0.0666. The number of hydrogen-bond donors (Lipinski definition) is 0. The van der Waals surface area contributed by atoms with Crippen LogP contribution in [0.2, 0.25) is 0 Å². The van der Waals surface area contributed by atoms with Gasteiger partial charge in [0.15, 0.2) is 0 Å². The Bertz CT molecular complexity index is 1290.